The minimum Gasteiger partial charge on any atom is -0.391 e. The molecule has 0 aliphatic rings. The fourth-order valence-electron chi connectivity index (χ4n) is 1.45. The third-order valence-electron chi connectivity index (χ3n) is 2.25. The first-order valence-electron chi connectivity index (χ1n) is 4.81. The molecule has 2 rings (SSSR count). The van der Waals surface area contributed by atoms with Gasteiger partial charge in [-0.2, -0.15) is 18.3 Å². The lowest BCUT2D eigenvalue weighted by Gasteiger charge is -2.03. The maximum absolute atomic E-state index is 12.7. The molecule has 0 fully saturated rings. The Labute approximate surface area is 105 Å². The van der Waals surface area contributed by atoms with E-state index in [9.17, 15) is 13.2 Å². The predicted octanol–water partition coefficient (Wildman–Crippen LogP) is 2.43. The second kappa shape index (κ2) is 4.58. The average molecular weight is 278 g/mol. The van der Waals surface area contributed by atoms with Gasteiger partial charge in [0.15, 0.2) is 5.69 Å². The molecule has 0 saturated heterocycles. The zero-order valence-corrected chi connectivity index (χ0v) is 9.57. The molecule has 2 aromatic rings. The maximum Gasteiger partial charge on any atom is 0.435 e. The van der Waals surface area contributed by atoms with Gasteiger partial charge in [0.25, 0.3) is 0 Å². The van der Waals surface area contributed by atoms with Crippen LogP contribution in [0.4, 0.5) is 13.2 Å². The van der Waals surface area contributed by atoms with Gasteiger partial charge in [-0.3, -0.25) is 4.98 Å². The minimum atomic E-state index is -4.67. The van der Waals surface area contributed by atoms with Gasteiger partial charge in [-0.15, -0.1) is 0 Å². The number of nitrogens with zero attached hydrogens (tertiary/aromatic N) is 3. The van der Waals surface area contributed by atoms with E-state index in [1.165, 1.54) is 24.5 Å². The second-order valence-electron chi connectivity index (χ2n) is 3.39. The number of halogens is 4. The lowest BCUT2D eigenvalue weighted by molar-refractivity contribution is -0.142. The lowest BCUT2D eigenvalue weighted by Crippen LogP contribution is -2.09. The number of hydrogen-bond donors (Lipinski definition) is 1. The third kappa shape index (κ3) is 2.19. The summed E-state index contributed by atoms with van der Waals surface area (Å²) >= 11 is 5.79. The van der Waals surface area contributed by atoms with E-state index in [-0.39, 0.29) is 5.15 Å². The average Bonchev–Trinajstić information content (AvgIpc) is 2.67. The van der Waals surface area contributed by atoms with Crippen molar-refractivity contribution in [1.29, 1.82) is 0 Å². The quantitative estimate of drug-likeness (QED) is 0.917. The van der Waals surface area contributed by atoms with Gasteiger partial charge in [-0.1, -0.05) is 11.6 Å². The highest BCUT2D eigenvalue weighted by Crippen LogP contribution is 2.35. The van der Waals surface area contributed by atoms with Gasteiger partial charge in [-0.05, 0) is 12.1 Å². The molecule has 0 aromatic carbocycles. The van der Waals surface area contributed by atoms with Gasteiger partial charge in [0, 0.05) is 18.0 Å². The zero-order chi connectivity index (χ0) is 13.3. The molecular weight excluding hydrogens is 271 g/mol. The standard InChI is InChI=1S/C10H7ClF3N3O/c11-9-7(5-18)8(10(12,13)14)16-17(9)6-1-3-15-4-2-6/h1-4,18H,5H2. The molecule has 0 radical (unpaired) electrons. The highest BCUT2D eigenvalue weighted by Gasteiger charge is 2.38. The summed E-state index contributed by atoms with van der Waals surface area (Å²) in [5, 5.41) is 12.1. The zero-order valence-electron chi connectivity index (χ0n) is 8.82. The molecule has 0 spiro atoms. The van der Waals surface area contributed by atoms with E-state index < -0.39 is 24.0 Å². The monoisotopic (exact) mass is 277 g/mol. The first-order chi connectivity index (χ1) is 8.45. The van der Waals surface area contributed by atoms with E-state index in [1.54, 1.807) is 0 Å². The molecule has 18 heavy (non-hydrogen) atoms. The molecule has 0 aliphatic heterocycles. The summed E-state index contributed by atoms with van der Waals surface area (Å²) < 4.78 is 39.0. The van der Waals surface area contributed by atoms with Crippen molar-refractivity contribution in [1.82, 2.24) is 14.8 Å². The molecule has 0 atom stereocenters. The highest BCUT2D eigenvalue weighted by atomic mass is 35.5. The van der Waals surface area contributed by atoms with Crippen LogP contribution in [-0.4, -0.2) is 19.9 Å². The highest BCUT2D eigenvalue weighted by molar-refractivity contribution is 6.30. The maximum atomic E-state index is 12.7. The molecule has 2 heterocycles. The molecular formula is C10H7ClF3N3O. The van der Waals surface area contributed by atoms with Crippen molar-refractivity contribution in [2.45, 2.75) is 12.8 Å². The Hall–Kier alpha value is -1.60. The van der Waals surface area contributed by atoms with Crippen LogP contribution in [0.1, 0.15) is 11.3 Å². The van der Waals surface area contributed by atoms with Crippen molar-refractivity contribution in [2.75, 3.05) is 0 Å². The van der Waals surface area contributed by atoms with Gasteiger partial charge in [0.05, 0.1) is 12.3 Å². The number of aliphatic hydroxyl groups is 1. The van der Waals surface area contributed by atoms with Crippen LogP contribution in [0.5, 0.6) is 0 Å². The van der Waals surface area contributed by atoms with Gasteiger partial charge in [0.2, 0.25) is 0 Å². The first-order valence-corrected chi connectivity index (χ1v) is 5.18. The summed E-state index contributed by atoms with van der Waals surface area (Å²) in [6, 6.07) is 2.92. The van der Waals surface area contributed by atoms with Crippen molar-refractivity contribution >= 4 is 11.6 Å². The van der Waals surface area contributed by atoms with Crippen LogP contribution in [0, 0.1) is 0 Å². The molecule has 1 N–H and O–H groups in total. The van der Waals surface area contributed by atoms with Crippen molar-refractivity contribution < 1.29 is 18.3 Å². The van der Waals surface area contributed by atoms with Crippen molar-refractivity contribution in [2.24, 2.45) is 0 Å². The fraction of sp³-hybridized carbons (Fsp3) is 0.200. The van der Waals surface area contributed by atoms with Crippen molar-refractivity contribution in [3.8, 4) is 5.69 Å². The van der Waals surface area contributed by atoms with Gasteiger partial charge in [0.1, 0.15) is 5.15 Å². The molecule has 8 heteroatoms. The lowest BCUT2D eigenvalue weighted by atomic mass is 10.2. The number of rotatable bonds is 2. The molecule has 2 aromatic heterocycles. The van der Waals surface area contributed by atoms with Crippen LogP contribution in [-0.2, 0) is 12.8 Å². The molecule has 96 valence electrons. The fourth-order valence-corrected chi connectivity index (χ4v) is 1.74. The van der Waals surface area contributed by atoms with Crippen LogP contribution in [0.2, 0.25) is 5.15 Å². The molecule has 0 amide bonds. The summed E-state index contributed by atoms with van der Waals surface area (Å²) in [5.74, 6) is 0. The Kier molecular flexibility index (Phi) is 3.27. The molecule has 0 saturated carbocycles. The Morgan fingerprint density at radius 3 is 2.33 bits per heavy atom. The third-order valence-corrected chi connectivity index (χ3v) is 2.64. The summed E-state index contributed by atoms with van der Waals surface area (Å²) in [7, 11) is 0. The van der Waals surface area contributed by atoms with E-state index in [0.717, 1.165) is 4.68 Å². The SMILES string of the molecule is OCc1c(C(F)(F)F)nn(-c2ccncc2)c1Cl. The van der Waals surface area contributed by atoms with Crippen LogP contribution >= 0.6 is 11.6 Å². The largest absolute Gasteiger partial charge is 0.435 e. The van der Waals surface area contributed by atoms with Crippen LogP contribution in [0.3, 0.4) is 0 Å². The summed E-state index contributed by atoms with van der Waals surface area (Å²) in [5.41, 5.74) is -1.30. The van der Waals surface area contributed by atoms with Gasteiger partial charge < -0.3 is 5.11 Å². The van der Waals surface area contributed by atoms with Gasteiger partial charge >= 0.3 is 6.18 Å². The smallest absolute Gasteiger partial charge is 0.391 e. The topological polar surface area (TPSA) is 50.9 Å². The number of alkyl halides is 3. The van der Waals surface area contributed by atoms with E-state index in [1.807, 2.05) is 0 Å². The summed E-state index contributed by atoms with van der Waals surface area (Å²) in [6.07, 6.45) is -1.86. The summed E-state index contributed by atoms with van der Waals surface area (Å²) in [4.78, 5) is 3.74. The number of hydrogen-bond acceptors (Lipinski definition) is 3. The van der Waals surface area contributed by atoms with E-state index in [0.29, 0.717) is 5.69 Å². The van der Waals surface area contributed by atoms with E-state index in [2.05, 4.69) is 10.1 Å². The molecule has 0 bridgehead atoms. The Morgan fingerprint density at radius 1 is 1.28 bits per heavy atom. The number of pyridine rings is 1. The first kappa shape index (κ1) is 12.8. The van der Waals surface area contributed by atoms with E-state index >= 15 is 0 Å². The second-order valence-corrected chi connectivity index (χ2v) is 3.75. The summed E-state index contributed by atoms with van der Waals surface area (Å²) in [6.45, 7) is -0.835. The van der Waals surface area contributed by atoms with Gasteiger partial charge in [-0.25, -0.2) is 4.68 Å². The minimum absolute atomic E-state index is 0.268. The van der Waals surface area contributed by atoms with Crippen LogP contribution < -0.4 is 0 Å². The van der Waals surface area contributed by atoms with Crippen molar-refractivity contribution in [3.05, 3.63) is 40.9 Å². The molecule has 4 nitrogen and oxygen atoms in total. The van der Waals surface area contributed by atoms with Crippen molar-refractivity contribution in [3.63, 3.8) is 0 Å². The normalized spacial score (nSPS) is 11.8. The Morgan fingerprint density at radius 2 is 1.89 bits per heavy atom. The Balaban J connectivity index is 2.61. The molecule has 0 unspecified atom stereocenters. The number of aliphatic hydroxyl groups excluding tert-OH is 1. The van der Waals surface area contributed by atoms with Crippen LogP contribution in [0.15, 0.2) is 24.5 Å². The Bertz CT molecular complexity index is 553. The van der Waals surface area contributed by atoms with E-state index in [4.69, 9.17) is 16.7 Å². The predicted molar refractivity (Wildman–Crippen MR) is 57.3 cm³/mol. The number of aromatic nitrogens is 3. The molecule has 0 aliphatic carbocycles. The van der Waals surface area contributed by atoms with Crippen LogP contribution in [0.25, 0.3) is 5.69 Å².